The van der Waals surface area contributed by atoms with E-state index in [1.165, 1.54) is 0 Å². The van der Waals surface area contributed by atoms with Crippen LogP contribution in [0.1, 0.15) is 51.4 Å². The SMILES string of the molecule is O=C(Oc1cc2ccccc2cc1OC(=O)N1CCCCCC1)N1CCCCCC1. The monoisotopic (exact) mass is 410 g/mol. The fourth-order valence-corrected chi connectivity index (χ4v) is 4.18. The Balaban J connectivity index is 1.57. The number of amides is 2. The van der Waals surface area contributed by atoms with Gasteiger partial charge < -0.3 is 19.3 Å². The second-order valence-corrected chi connectivity index (χ2v) is 8.18. The van der Waals surface area contributed by atoms with Crippen LogP contribution >= 0.6 is 0 Å². The van der Waals surface area contributed by atoms with Crippen LogP contribution in [0.25, 0.3) is 10.8 Å². The predicted molar refractivity (Wildman–Crippen MR) is 116 cm³/mol. The van der Waals surface area contributed by atoms with Gasteiger partial charge in [0.2, 0.25) is 0 Å². The zero-order valence-corrected chi connectivity index (χ0v) is 17.5. The molecule has 6 heteroatoms. The summed E-state index contributed by atoms with van der Waals surface area (Å²) >= 11 is 0. The van der Waals surface area contributed by atoms with Crippen molar-refractivity contribution in [3.05, 3.63) is 36.4 Å². The van der Waals surface area contributed by atoms with Crippen LogP contribution in [-0.4, -0.2) is 48.2 Å². The summed E-state index contributed by atoms with van der Waals surface area (Å²) in [6.07, 6.45) is 7.76. The molecule has 160 valence electrons. The molecule has 2 aromatic rings. The van der Waals surface area contributed by atoms with E-state index in [1.807, 2.05) is 24.3 Å². The van der Waals surface area contributed by atoms with E-state index in [9.17, 15) is 9.59 Å². The first-order chi connectivity index (χ1) is 14.7. The molecular weight excluding hydrogens is 380 g/mol. The Hall–Kier alpha value is -2.76. The summed E-state index contributed by atoms with van der Waals surface area (Å²) in [6.45, 7) is 2.81. The Kier molecular flexibility index (Phi) is 6.72. The summed E-state index contributed by atoms with van der Waals surface area (Å²) in [7, 11) is 0. The molecule has 2 amide bonds. The Morgan fingerprint density at radius 3 is 1.33 bits per heavy atom. The first-order valence-corrected chi connectivity index (χ1v) is 11.2. The highest BCUT2D eigenvalue weighted by Crippen LogP contribution is 2.34. The summed E-state index contributed by atoms with van der Waals surface area (Å²) in [4.78, 5) is 29.1. The highest BCUT2D eigenvalue weighted by Gasteiger charge is 2.23. The highest BCUT2D eigenvalue weighted by molar-refractivity contribution is 5.88. The molecule has 2 saturated heterocycles. The molecule has 6 nitrogen and oxygen atoms in total. The molecule has 2 heterocycles. The summed E-state index contributed by atoms with van der Waals surface area (Å²) in [5.41, 5.74) is 0. The van der Waals surface area contributed by atoms with Crippen molar-refractivity contribution < 1.29 is 19.1 Å². The fraction of sp³-hybridized carbons (Fsp3) is 0.500. The van der Waals surface area contributed by atoms with Crippen LogP contribution in [0.15, 0.2) is 36.4 Å². The molecule has 2 aromatic carbocycles. The van der Waals surface area contributed by atoms with Gasteiger partial charge in [0.1, 0.15) is 0 Å². The van der Waals surface area contributed by atoms with Crippen LogP contribution in [0, 0.1) is 0 Å². The minimum Gasteiger partial charge on any atom is -0.406 e. The number of fused-ring (bicyclic) bond motifs is 1. The van der Waals surface area contributed by atoms with E-state index in [1.54, 1.807) is 21.9 Å². The summed E-state index contributed by atoms with van der Waals surface area (Å²) in [6, 6.07) is 11.4. The third-order valence-corrected chi connectivity index (χ3v) is 5.94. The summed E-state index contributed by atoms with van der Waals surface area (Å²) in [5, 5.41) is 1.87. The molecule has 0 unspecified atom stereocenters. The van der Waals surface area contributed by atoms with Gasteiger partial charge in [-0.05, 0) is 48.6 Å². The molecule has 0 N–H and O–H groups in total. The van der Waals surface area contributed by atoms with Gasteiger partial charge in [-0.25, -0.2) is 9.59 Å². The van der Waals surface area contributed by atoms with Gasteiger partial charge in [-0.3, -0.25) is 0 Å². The average molecular weight is 411 g/mol. The number of nitrogens with zero attached hydrogens (tertiary/aromatic N) is 2. The van der Waals surface area contributed by atoms with Crippen molar-refractivity contribution in [3.8, 4) is 11.5 Å². The van der Waals surface area contributed by atoms with Gasteiger partial charge >= 0.3 is 12.2 Å². The zero-order chi connectivity index (χ0) is 20.8. The van der Waals surface area contributed by atoms with Crippen molar-refractivity contribution in [1.29, 1.82) is 0 Å². The standard InChI is InChI=1S/C24H30N2O4/c27-23(25-13-7-1-2-8-14-25)29-21-17-19-11-5-6-12-20(19)18-22(21)30-24(28)26-15-9-3-4-10-16-26/h5-6,11-12,17-18H,1-4,7-10,13-16H2. The Labute approximate surface area is 177 Å². The van der Waals surface area contributed by atoms with E-state index in [0.29, 0.717) is 37.7 Å². The van der Waals surface area contributed by atoms with Gasteiger partial charge in [0.05, 0.1) is 0 Å². The van der Waals surface area contributed by atoms with Crippen molar-refractivity contribution in [2.75, 3.05) is 26.2 Å². The zero-order valence-electron chi connectivity index (χ0n) is 17.5. The summed E-state index contributed by atoms with van der Waals surface area (Å²) in [5.74, 6) is 0.595. The maximum absolute atomic E-state index is 12.8. The van der Waals surface area contributed by atoms with Crippen LogP contribution in [-0.2, 0) is 0 Å². The smallest absolute Gasteiger partial charge is 0.406 e. The Morgan fingerprint density at radius 2 is 0.967 bits per heavy atom. The van der Waals surface area contributed by atoms with Crippen LogP contribution in [0.5, 0.6) is 11.5 Å². The van der Waals surface area contributed by atoms with Crippen LogP contribution in [0.3, 0.4) is 0 Å². The van der Waals surface area contributed by atoms with E-state index < -0.39 is 0 Å². The Bertz CT molecular complexity index is 809. The molecule has 0 aliphatic carbocycles. The molecule has 2 aliphatic rings. The fourth-order valence-electron chi connectivity index (χ4n) is 4.18. The molecule has 0 spiro atoms. The van der Waals surface area contributed by atoms with Gasteiger partial charge in [-0.1, -0.05) is 49.9 Å². The van der Waals surface area contributed by atoms with Crippen LogP contribution < -0.4 is 9.47 Å². The third kappa shape index (κ3) is 5.04. The lowest BCUT2D eigenvalue weighted by Gasteiger charge is -2.22. The minimum absolute atomic E-state index is 0.297. The molecule has 0 aromatic heterocycles. The van der Waals surface area contributed by atoms with Crippen molar-refractivity contribution in [1.82, 2.24) is 9.80 Å². The van der Waals surface area contributed by atoms with Crippen molar-refractivity contribution >= 4 is 23.0 Å². The third-order valence-electron chi connectivity index (χ3n) is 5.94. The molecule has 0 atom stereocenters. The van der Waals surface area contributed by atoms with Gasteiger partial charge in [0.15, 0.2) is 11.5 Å². The van der Waals surface area contributed by atoms with E-state index in [4.69, 9.17) is 9.47 Å². The van der Waals surface area contributed by atoms with Crippen molar-refractivity contribution in [3.63, 3.8) is 0 Å². The second-order valence-electron chi connectivity index (χ2n) is 8.18. The largest absolute Gasteiger partial charge is 0.415 e. The number of hydrogen-bond acceptors (Lipinski definition) is 4. The quantitative estimate of drug-likeness (QED) is 0.648. The lowest BCUT2D eigenvalue weighted by atomic mass is 10.1. The number of benzene rings is 2. The number of carbonyl (C=O) groups is 2. The van der Waals surface area contributed by atoms with Gasteiger partial charge in [0, 0.05) is 26.2 Å². The van der Waals surface area contributed by atoms with E-state index in [2.05, 4.69) is 0 Å². The first kappa shape index (κ1) is 20.5. The van der Waals surface area contributed by atoms with Crippen LogP contribution in [0.4, 0.5) is 9.59 Å². The van der Waals surface area contributed by atoms with E-state index in [-0.39, 0.29) is 12.2 Å². The van der Waals surface area contributed by atoms with Crippen molar-refractivity contribution in [2.45, 2.75) is 51.4 Å². The second kappa shape index (κ2) is 9.83. The maximum Gasteiger partial charge on any atom is 0.415 e. The molecule has 4 rings (SSSR count). The molecular formula is C24H30N2O4. The molecule has 0 saturated carbocycles. The topological polar surface area (TPSA) is 59.1 Å². The number of rotatable bonds is 2. The van der Waals surface area contributed by atoms with Crippen LogP contribution in [0.2, 0.25) is 0 Å². The predicted octanol–water partition coefficient (Wildman–Crippen LogP) is 5.59. The number of ether oxygens (including phenoxy) is 2. The van der Waals surface area contributed by atoms with Crippen molar-refractivity contribution in [2.24, 2.45) is 0 Å². The molecule has 0 radical (unpaired) electrons. The number of hydrogen-bond donors (Lipinski definition) is 0. The van der Waals surface area contributed by atoms with E-state index in [0.717, 1.165) is 62.1 Å². The average Bonchev–Trinajstić information content (AvgIpc) is 3.19. The number of likely N-dealkylation sites (tertiary alicyclic amines) is 2. The van der Waals surface area contributed by atoms with Gasteiger partial charge in [0.25, 0.3) is 0 Å². The molecule has 2 fully saturated rings. The van der Waals surface area contributed by atoms with E-state index >= 15 is 0 Å². The first-order valence-electron chi connectivity index (χ1n) is 11.2. The molecule has 2 aliphatic heterocycles. The summed E-state index contributed by atoms with van der Waals surface area (Å²) < 4.78 is 11.5. The highest BCUT2D eigenvalue weighted by atomic mass is 16.6. The van der Waals surface area contributed by atoms with Gasteiger partial charge in [-0.15, -0.1) is 0 Å². The number of carbonyl (C=O) groups excluding carboxylic acids is 2. The minimum atomic E-state index is -0.376. The Morgan fingerprint density at radius 1 is 0.600 bits per heavy atom. The van der Waals surface area contributed by atoms with Gasteiger partial charge in [-0.2, -0.15) is 0 Å². The maximum atomic E-state index is 12.8. The molecule has 0 bridgehead atoms. The lowest BCUT2D eigenvalue weighted by Crippen LogP contribution is -2.35. The lowest BCUT2D eigenvalue weighted by molar-refractivity contribution is 0.143. The molecule has 30 heavy (non-hydrogen) atoms. The normalized spacial score (nSPS) is 17.9.